The fourth-order valence-electron chi connectivity index (χ4n) is 1.96. The van der Waals surface area contributed by atoms with E-state index in [-0.39, 0.29) is 12.6 Å². The average molecular weight is 310 g/mol. The van der Waals surface area contributed by atoms with Crippen molar-refractivity contribution in [3.05, 3.63) is 59.0 Å². The molecular formula is C16H20ClNO3. The molecule has 0 aliphatic heterocycles. The van der Waals surface area contributed by atoms with Crippen molar-refractivity contribution in [2.24, 2.45) is 0 Å². The zero-order valence-electron chi connectivity index (χ0n) is 12.0. The quantitative estimate of drug-likeness (QED) is 0.786. The fourth-order valence-corrected chi connectivity index (χ4v) is 2.15. The highest BCUT2D eigenvalue weighted by Crippen LogP contribution is 2.17. The number of rotatable bonds is 8. The first-order chi connectivity index (χ1) is 10.1. The monoisotopic (exact) mass is 309 g/mol. The number of hydrogen-bond acceptors (Lipinski definition) is 4. The smallest absolute Gasteiger partial charge is 0.129 e. The Morgan fingerprint density at radius 1 is 1.33 bits per heavy atom. The average Bonchev–Trinajstić information content (AvgIpc) is 2.98. The highest BCUT2D eigenvalue weighted by molar-refractivity contribution is 6.30. The Bertz CT molecular complexity index is 530. The van der Waals surface area contributed by atoms with E-state index in [1.54, 1.807) is 6.26 Å². The molecule has 21 heavy (non-hydrogen) atoms. The van der Waals surface area contributed by atoms with Crippen molar-refractivity contribution in [1.82, 2.24) is 5.32 Å². The minimum Gasteiger partial charge on any atom is -0.467 e. The van der Waals surface area contributed by atoms with Crippen LogP contribution < -0.4 is 5.32 Å². The highest BCUT2D eigenvalue weighted by atomic mass is 35.5. The molecule has 2 N–H and O–H groups in total. The SMILES string of the molecule is C[C@H](NCC(O)COCc1ccco1)c1cccc(Cl)c1. The molecule has 5 heteroatoms. The molecule has 0 aliphatic carbocycles. The van der Waals surface area contributed by atoms with E-state index >= 15 is 0 Å². The topological polar surface area (TPSA) is 54.6 Å². The number of nitrogens with one attached hydrogen (secondary N) is 1. The molecule has 0 amide bonds. The van der Waals surface area contributed by atoms with Crippen molar-refractivity contribution in [2.45, 2.75) is 25.7 Å². The number of ether oxygens (including phenoxy) is 1. The summed E-state index contributed by atoms with van der Waals surface area (Å²) in [4.78, 5) is 0. The molecule has 1 heterocycles. The van der Waals surface area contributed by atoms with Crippen LogP contribution >= 0.6 is 11.6 Å². The van der Waals surface area contributed by atoms with Crippen LogP contribution in [0.1, 0.15) is 24.3 Å². The minimum absolute atomic E-state index is 0.114. The van der Waals surface area contributed by atoms with Gasteiger partial charge in [0.1, 0.15) is 12.4 Å². The summed E-state index contributed by atoms with van der Waals surface area (Å²) in [7, 11) is 0. The lowest BCUT2D eigenvalue weighted by molar-refractivity contribution is 0.0217. The van der Waals surface area contributed by atoms with Crippen molar-refractivity contribution in [1.29, 1.82) is 0 Å². The molecule has 0 radical (unpaired) electrons. The Hall–Kier alpha value is -1.33. The van der Waals surface area contributed by atoms with Crippen LogP contribution in [0.2, 0.25) is 5.02 Å². The second-order valence-electron chi connectivity index (χ2n) is 4.93. The molecule has 0 bridgehead atoms. The van der Waals surface area contributed by atoms with E-state index < -0.39 is 6.10 Å². The summed E-state index contributed by atoms with van der Waals surface area (Å²) < 4.78 is 10.5. The van der Waals surface area contributed by atoms with Gasteiger partial charge in [0.05, 0.1) is 19.0 Å². The van der Waals surface area contributed by atoms with Crippen LogP contribution in [-0.2, 0) is 11.3 Å². The van der Waals surface area contributed by atoms with Crippen LogP contribution in [0.5, 0.6) is 0 Å². The van der Waals surface area contributed by atoms with Crippen molar-refractivity contribution in [2.75, 3.05) is 13.2 Å². The van der Waals surface area contributed by atoms with Gasteiger partial charge in [-0.25, -0.2) is 0 Å². The standard InChI is InChI=1S/C16H20ClNO3/c1-12(13-4-2-5-14(17)8-13)18-9-15(19)10-20-11-16-6-3-7-21-16/h2-8,12,15,18-19H,9-11H2,1H3/t12-,15?/m0/s1. The number of aliphatic hydroxyl groups excluding tert-OH is 1. The molecule has 4 nitrogen and oxygen atoms in total. The summed E-state index contributed by atoms with van der Waals surface area (Å²) in [6.07, 6.45) is 1.03. The lowest BCUT2D eigenvalue weighted by Crippen LogP contribution is -2.32. The molecule has 1 aromatic carbocycles. The van der Waals surface area contributed by atoms with Crippen LogP contribution in [0, 0.1) is 0 Å². The summed E-state index contributed by atoms with van der Waals surface area (Å²) in [6.45, 7) is 3.11. The first-order valence-corrected chi connectivity index (χ1v) is 7.30. The summed E-state index contributed by atoms with van der Waals surface area (Å²) in [6, 6.07) is 11.4. The van der Waals surface area contributed by atoms with Gasteiger partial charge in [0, 0.05) is 17.6 Å². The third kappa shape index (κ3) is 5.52. The zero-order chi connectivity index (χ0) is 15.1. The van der Waals surface area contributed by atoms with Crippen molar-refractivity contribution < 1.29 is 14.3 Å². The van der Waals surface area contributed by atoms with Gasteiger partial charge in [0.15, 0.2) is 0 Å². The largest absolute Gasteiger partial charge is 0.467 e. The maximum Gasteiger partial charge on any atom is 0.129 e. The van der Waals surface area contributed by atoms with E-state index in [0.29, 0.717) is 18.2 Å². The molecule has 0 aliphatic rings. The van der Waals surface area contributed by atoms with Gasteiger partial charge >= 0.3 is 0 Å². The van der Waals surface area contributed by atoms with Gasteiger partial charge < -0.3 is 19.6 Å². The fraction of sp³-hybridized carbons (Fsp3) is 0.375. The van der Waals surface area contributed by atoms with Crippen LogP contribution in [0.3, 0.4) is 0 Å². The van der Waals surface area contributed by atoms with Gasteiger partial charge in [-0.1, -0.05) is 23.7 Å². The molecule has 114 valence electrons. The summed E-state index contributed by atoms with van der Waals surface area (Å²) in [5, 5.41) is 13.9. The number of hydrogen-bond donors (Lipinski definition) is 2. The lowest BCUT2D eigenvalue weighted by Gasteiger charge is -2.17. The van der Waals surface area contributed by atoms with Crippen LogP contribution in [0.25, 0.3) is 0 Å². The molecule has 1 aromatic heterocycles. The number of furan rings is 1. The molecular weight excluding hydrogens is 290 g/mol. The second-order valence-corrected chi connectivity index (χ2v) is 5.37. The number of halogens is 1. The predicted octanol–water partition coefficient (Wildman–Crippen LogP) is 3.16. The van der Waals surface area contributed by atoms with Crippen molar-refractivity contribution >= 4 is 11.6 Å². The molecule has 0 saturated carbocycles. The van der Waals surface area contributed by atoms with Gasteiger partial charge in [-0.05, 0) is 36.8 Å². The lowest BCUT2D eigenvalue weighted by atomic mass is 10.1. The first-order valence-electron chi connectivity index (χ1n) is 6.92. The summed E-state index contributed by atoms with van der Waals surface area (Å²) in [5.41, 5.74) is 1.09. The maximum absolute atomic E-state index is 9.88. The second kappa shape index (κ2) is 8.20. The Kier molecular flexibility index (Phi) is 6.26. The van der Waals surface area contributed by atoms with Gasteiger partial charge in [-0.3, -0.25) is 0 Å². The number of aliphatic hydroxyl groups is 1. The van der Waals surface area contributed by atoms with E-state index in [2.05, 4.69) is 5.32 Å². The Morgan fingerprint density at radius 2 is 2.19 bits per heavy atom. The van der Waals surface area contributed by atoms with Crippen LogP contribution in [-0.4, -0.2) is 24.4 Å². The normalized spacial score (nSPS) is 14.0. The molecule has 0 saturated heterocycles. The molecule has 2 atom stereocenters. The van der Waals surface area contributed by atoms with Crippen molar-refractivity contribution in [3.63, 3.8) is 0 Å². The Balaban J connectivity index is 1.67. The number of benzene rings is 1. The van der Waals surface area contributed by atoms with Crippen LogP contribution in [0.15, 0.2) is 47.1 Å². The maximum atomic E-state index is 9.88. The summed E-state index contributed by atoms with van der Waals surface area (Å²) in [5.74, 6) is 0.752. The third-order valence-corrected chi connectivity index (χ3v) is 3.38. The van der Waals surface area contributed by atoms with Crippen molar-refractivity contribution in [3.8, 4) is 0 Å². The Morgan fingerprint density at radius 3 is 2.90 bits per heavy atom. The molecule has 0 spiro atoms. The first kappa shape index (κ1) is 16.0. The van der Waals surface area contributed by atoms with Gasteiger partial charge in [0.25, 0.3) is 0 Å². The van der Waals surface area contributed by atoms with E-state index in [4.69, 9.17) is 20.8 Å². The van der Waals surface area contributed by atoms with Gasteiger partial charge in [0.2, 0.25) is 0 Å². The molecule has 2 aromatic rings. The molecule has 2 rings (SSSR count). The van der Waals surface area contributed by atoms with Gasteiger partial charge in [-0.15, -0.1) is 0 Å². The zero-order valence-corrected chi connectivity index (χ0v) is 12.7. The van der Waals surface area contributed by atoms with E-state index in [9.17, 15) is 5.11 Å². The molecule has 0 fully saturated rings. The van der Waals surface area contributed by atoms with Gasteiger partial charge in [-0.2, -0.15) is 0 Å². The van der Waals surface area contributed by atoms with E-state index in [1.165, 1.54) is 0 Å². The Labute approximate surface area is 129 Å². The third-order valence-electron chi connectivity index (χ3n) is 3.14. The van der Waals surface area contributed by atoms with E-state index in [0.717, 1.165) is 11.3 Å². The highest BCUT2D eigenvalue weighted by Gasteiger charge is 2.09. The predicted molar refractivity (Wildman–Crippen MR) is 82.2 cm³/mol. The summed E-state index contributed by atoms with van der Waals surface area (Å²) >= 11 is 5.96. The minimum atomic E-state index is -0.568. The molecule has 1 unspecified atom stereocenters. The van der Waals surface area contributed by atoms with Crippen LogP contribution in [0.4, 0.5) is 0 Å². The van der Waals surface area contributed by atoms with E-state index in [1.807, 2.05) is 43.3 Å².